The Labute approximate surface area is 247 Å². The van der Waals surface area contributed by atoms with Crippen LogP contribution in [0.3, 0.4) is 0 Å². The molecule has 0 aromatic carbocycles. The van der Waals surface area contributed by atoms with Crippen molar-refractivity contribution in [2.75, 3.05) is 0 Å². The Bertz CT molecular complexity index is 1380. The van der Waals surface area contributed by atoms with Gasteiger partial charge in [-0.15, -0.1) is 0 Å². The lowest BCUT2D eigenvalue weighted by molar-refractivity contribution is 0.554. The van der Waals surface area contributed by atoms with Gasteiger partial charge in [0, 0.05) is 28.6 Å². The second-order valence-electron chi connectivity index (χ2n) is 14.3. The number of rotatable bonds is 8. The van der Waals surface area contributed by atoms with Crippen LogP contribution >= 0.6 is 0 Å². The fraction of sp³-hybridized carbons (Fsp3) is 0.543. The summed E-state index contributed by atoms with van der Waals surface area (Å²) < 4.78 is 3.86. The van der Waals surface area contributed by atoms with E-state index in [0.717, 1.165) is 47.3 Å². The summed E-state index contributed by atoms with van der Waals surface area (Å²) in [4.78, 5) is 10.5. The summed E-state index contributed by atoms with van der Waals surface area (Å²) in [5.41, 5.74) is 6.13. The number of hydrogen-bond donors (Lipinski definition) is 0. The van der Waals surface area contributed by atoms with E-state index >= 15 is 0 Å². The third-order valence-electron chi connectivity index (χ3n) is 8.50. The standard InChI is InChI=1S/C35H50N6/c1-13-23(3)25-19-29(36-31(21-25)40-17-15-27(38-40)33(5,6)7)35(11,12)30-20-26(24(4)14-2)22-32(37-30)41-18-16-28(39-41)34(8,9)10/h15-24H,13-14H2,1-12H3. The highest BCUT2D eigenvalue weighted by Gasteiger charge is 2.30. The van der Waals surface area contributed by atoms with E-state index in [2.05, 4.69) is 119 Å². The number of hydrogen-bond acceptors (Lipinski definition) is 4. The van der Waals surface area contributed by atoms with Crippen LogP contribution in [-0.4, -0.2) is 29.5 Å². The summed E-state index contributed by atoms with van der Waals surface area (Å²) in [7, 11) is 0. The minimum atomic E-state index is -0.448. The molecule has 0 amide bonds. The fourth-order valence-corrected chi connectivity index (χ4v) is 4.82. The van der Waals surface area contributed by atoms with Crippen molar-refractivity contribution >= 4 is 0 Å². The molecular weight excluding hydrogens is 504 g/mol. The molecule has 0 spiro atoms. The maximum absolute atomic E-state index is 5.24. The first-order valence-electron chi connectivity index (χ1n) is 15.2. The average molecular weight is 555 g/mol. The number of pyridine rings is 2. The van der Waals surface area contributed by atoms with Crippen molar-refractivity contribution < 1.29 is 0 Å². The first-order chi connectivity index (χ1) is 19.0. The van der Waals surface area contributed by atoms with E-state index in [1.807, 2.05) is 21.8 Å². The molecule has 0 saturated carbocycles. The van der Waals surface area contributed by atoms with E-state index in [4.69, 9.17) is 20.2 Å². The maximum atomic E-state index is 5.24. The molecule has 0 radical (unpaired) electrons. The summed E-state index contributed by atoms with van der Waals surface area (Å²) >= 11 is 0. The molecule has 41 heavy (non-hydrogen) atoms. The molecule has 6 heteroatoms. The first kappa shape index (κ1) is 30.7. The lowest BCUT2D eigenvalue weighted by Gasteiger charge is -2.27. The normalized spacial score (nSPS) is 14.3. The van der Waals surface area contributed by atoms with Gasteiger partial charge in [-0.3, -0.25) is 0 Å². The molecule has 4 rings (SSSR count). The molecule has 0 fully saturated rings. The van der Waals surface area contributed by atoms with Gasteiger partial charge in [0.1, 0.15) is 0 Å². The van der Waals surface area contributed by atoms with Crippen LogP contribution < -0.4 is 0 Å². The second-order valence-corrected chi connectivity index (χ2v) is 14.3. The Hall–Kier alpha value is -3.28. The number of aromatic nitrogens is 6. The average Bonchev–Trinajstić information content (AvgIpc) is 3.62. The molecule has 2 unspecified atom stereocenters. The van der Waals surface area contributed by atoms with E-state index in [-0.39, 0.29) is 10.8 Å². The molecule has 4 aromatic heterocycles. The highest BCUT2D eigenvalue weighted by atomic mass is 15.3. The predicted molar refractivity (Wildman–Crippen MR) is 170 cm³/mol. The van der Waals surface area contributed by atoms with Gasteiger partial charge in [0.25, 0.3) is 0 Å². The minimum absolute atomic E-state index is 0.0300. The molecule has 4 aromatic rings. The molecule has 4 heterocycles. The lowest BCUT2D eigenvalue weighted by atomic mass is 9.81. The molecule has 220 valence electrons. The smallest absolute Gasteiger partial charge is 0.153 e. The van der Waals surface area contributed by atoms with Gasteiger partial charge in [-0.25, -0.2) is 19.3 Å². The highest BCUT2D eigenvalue weighted by Crippen LogP contribution is 2.35. The van der Waals surface area contributed by atoms with Crippen LogP contribution in [-0.2, 0) is 16.2 Å². The van der Waals surface area contributed by atoms with Crippen molar-refractivity contribution in [1.29, 1.82) is 0 Å². The van der Waals surface area contributed by atoms with Crippen molar-refractivity contribution in [3.63, 3.8) is 0 Å². The highest BCUT2D eigenvalue weighted by molar-refractivity contribution is 5.42. The van der Waals surface area contributed by atoms with Crippen LogP contribution in [0.1, 0.15) is 142 Å². The van der Waals surface area contributed by atoms with Gasteiger partial charge in [-0.2, -0.15) is 10.2 Å². The Morgan fingerprint density at radius 3 is 1.24 bits per heavy atom. The number of nitrogens with zero attached hydrogens (tertiary/aromatic N) is 6. The molecule has 0 N–H and O–H groups in total. The summed E-state index contributed by atoms with van der Waals surface area (Å²) in [5.74, 6) is 2.50. The van der Waals surface area contributed by atoms with E-state index < -0.39 is 5.41 Å². The predicted octanol–water partition coefficient (Wildman–Crippen LogP) is 8.80. The van der Waals surface area contributed by atoms with E-state index in [9.17, 15) is 0 Å². The van der Waals surface area contributed by atoms with Gasteiger partial charge in [0.05, 0.1) is 22.8 Å². The quantitative estimate of drug-likeness (QED) is 0.218. The zero-order chi connectivity index (χ0) is 30.3. The van der Waals surface area contributed by atoms with Gasteiger partial charge in [0.2, 0.25) is 0 Å². The molecule has 0 bridgehead atoms. The molecule has 0 saturated heterocycles. The fourth-order valence-electron chi connectivity index (χ4n) is 4.82. The summed E-state index contributed by atoms with van der Waals surface area (Å²) in [6, 6.07) is 13.1. The van der Waals surface area contributed by atoms with Crippen molar-refractivity contribution in [2.45, 2.75) is 124 Å². The Balaban J connectivity index is 1.88. The van der Waals surface area contributed by atoms with Gasteiger partial charge in [0.15, 0.2) is 11.6 Å². The third-order valence-corrected chi connectivity index (χ3v) is 8.50. The van der Waals surface area contributed by atoms with Crippen LogP contribution in [0.4, 0.5) is 0 Å². The topological polar surface area (TPSA) is 61.4 Å². The van der Waals surface area contributed by atoms with Crippen molar-refractivity contribution in [3.05, 3.63) is 82.7 Å². The lowest BCUT2D eigenvalue weighted by Crippen LogP contribution is -2.25. The van der Waals surface area contributed by atoms with Crippen LogP contribution in [0, 0.1) is 0 Å². The second kappa shape index (κ2) is 11.2. The molecular formula is C35H50N6. The molecule has 0 aliphatic heterocycles. The summed E-state index contributed by atoms with van der Waals surface area (Å²) in [5, 5.41) is 9.85. The van der Waals surface area contributed by atoms with E-state index in [1.165, 1.54) is 11.1 Å². The summed E-state index contributed by atoms with van der Waals surface area (Å²) in [6.07, 6.45) is 6.17. The van der Waals surface area contributed by atoms with Gasteiger partial charge in [-0.05, 0) is 86.1 Å². The van der Waals surface area contributed by atoms with Crippen LogP contribution in [0.25, 0.3) is 11.6 Å². The molecule has 2 atom stereocenters. The largest absolute Gasteiger partial charge is 0.233 e. The first-order valence-corrected chi connectivity index (χ1v) is 15.2. The molecule has 0 aliphatic carbocycles. The molecule has 0 aliphatic rings. The van der Waals surface area contributed by atoms with Crippen LogP contribution in [0.15, 0.2) is 48.8 Å². The van der Waals surface area contributed by atoms with Gasteiger partial charge >= 0.3 is 0 Å². The zero-order valence-corrected chi connectivity index (χ0v) is 27.4. The Morgan fingerprint density at radius 1 is 0.585 bits per heavy atom. The summed E-state index contributed by atoms with van der Waals surface area (Å²) in [6.45, 7) is 26.6. The van der Waals surface area contributed by atoms with Crippen molar-refractivity contribution in [1.82, 2.24) is 29.5 Å². The van der Waals surface area contributed by atoms with E-state index in [0.29, 0.717) is 11.8 Å². The van der Waals surface area contributed by atoms with Gasteiger partial charge in [-0.1, -0.05) is 69.2 Å². The zero-order valence-electron chi connectivity index (χ0n) is 27.4. The molecule has 6 nitrogen and oxygen atoms in total. The minimum Gasteiger partial charge on any atom is -0.233 e. The van der Waals surface area contributed by atoms with Crippen molar-refractivity contribution in [3.8, 4) is 11.6 Å². The van der Waals surface area contributed by atoms with Crippen LogP contribution in [0.5, 0.6) is 0 Å². The maximum Gasteiger partial charge on any atom is 0.153 e. The Morgan fingerprint density at radius 2 is 0.951 bits per heavy atom. The SMILES string of the molecule is CCC(C)c1cc(-n2ccc(C(C)(C)C)n2)nc(C(C)(C)c2cc(C(C)CC)cc(-n3ccc(C(C)(C)C)n3)n2)c1. The van der Waals surface area contributed by atoms with Crippen LogP contribution in [0.2, 0.25) is 0 Å². The third kappa shape index (κ3) is 6.47. The van der Waals surface area contributed by atoms with Crippen molar-refractivity contribution in [2.24, 2.45) is 0 Å². The Kier molecular flexibility index (Phi) is 8.37. The monoisotopic (exact) mass is 554 g/mol. The van der Waals surface area contributed by atoms with Gasteiger partial charge < -0.3 is 0 Å². The van der Waals surface area contributed by atoms with E-state index in [1.54, 1.807) is 0 Å².